The normalized spacial score (nSPS) is 38.1. The first kappa shape index (κ1) is 12.6. The summed E-state index contributed by atoms with van der Waals surface area (Å²) in [6.45, 7) is 2.11. The molecule has 5 rings (SSSR count). The van der Waals surface area contributed by atoms with Crippen LogP contribution in [0.2, 0.25) is 0 Å². The second kappa shape index (κ2) is 4.72. The largest absolute Gasteiger partial charge is 0.299 e. The summed E-state index contributed by atoms with van der Waals surface area (Å²) in [4.78, 5) is 12.8. The van der Waals surface area contributed by atoms with Gasteiger partial charge in [-0.2, -0.15) is 0 Å². The Labute approximate surface area is 121 Å². The van der Waals surface area contributed by atoms with E-state index in [-0.39, 0.29) is 0 Å². The molecule has 1 nitrogen and oxygen atoms in total. The van der Waals surface area contributed by atoms with E-state index in [2.05, 4.69) is 31.2 Å². The molecule has 1 aromatic carbocycles. The Morgan fingerprint density at radius 1 is 1.05 bits per heavy atom. The van der Waals surface area contributed by atoms with Gasteiger partial charge in [0.2, 0.25) is 0 Å². The molecule has 0 N–H and O–H groups in total. The molecule has 0 unspecified atom stereocenters. The average molecular weight is 268 g/mol. The standard InChI is InChI=1S/C19H24O/c1-12-3-2-4-13(5-12)11-18(20)19-16-7-14-6-15(9-16)10-17(19)8-14/h2-5,14-17,19H,6-11H2,1H3. The number of aryl methyl sites for hydroxylation is 1. The van der Waals surface area contributed by atoms with Gasteiger partial charge in [-0.1, -0.05) is 29.8 Å². The zero-order chi connectivity index (χ0) is 13.7. The van der Waals surface area contributed by atoms with E-state index in [1.165, 1.54) is 43.2 Å². The topological polar surface area (TPSA) is 17.1 Å². The molecule has 4 aliphatic rings. The van der Waals surface area contributed by atoms with Gasteiger partial charge in [-0.15, -0.1) is 0 Å². The van der Waals surface area contributed by atoms with E-state index in [4.69, 9.17) is 0 Å². The Morgan fingerprint density at radius 3 is 2.30 bits per heavy atom. The van der Waals surface area contributed by atoms with Crippen molar-refractivity contribution in [1.29, 1.82) is 0 Å². The van der Waals surface area contributed by atoms with Gasteiger partial charge in [-0.05, 0) is 68.3 Å². The Kier molecular flexibility index (Phi) is 2.98. The summed E-state index contributed by atoms with van der Waals surface area (Å²) in [5.41, 5.74) is 2.48. The first-order valence-corrected chi connectivity index (χ1v) is 8.27. The van der Waals surface area contributed by atoms with E-state index in [9.17, 15) is 4.79 Å². The first-order chi connectivity index (χ1) is 9.69. The van der Waals surface area contributed by atoms with E-state index < -0.39 is 0 Å². The number of hydrogen-bond donors (Lipinski definition) is 0. The minimum absolute atomic E-state index is 0.392. The molecule has 1 aromatic rings. The Hall–Kier alpha value is -1.11. The average Bonchev–Trinajstić information content (AvgIpc) is 2.37. The van der Waals surface area contributed by atoms with Gasteiger partial charge in [0, 0.05) is 12.3 Å². The third kappa shape index (κ3) is 2.12. The Balaban J connectivity index is 1.51. The van der Waals surface area contributed by atoms with Gasteiger partial charge in [0.1, 0.15) is 5.78 Å². The van der Waals surface area contributed by atoms with Gasteiger partial charge in [-0.3, -0.25) is 4.79 Å². The molecule has 1 heteroatoms. The highest BCUT2D eigenvalue weighted by atomic mass is 16.1. The molecule has 0 atom stereocenters. The lowest BCUT2D eigenvalue weighted by atomic mass is 9.51. The lowest BCUT2D eigenvalue weighted by Crippen LogP contribution is -2.48. The Bertz CT molecular complexity index is 502. The molecule has 0 aromatic heterocycles. The van der Waals surface area contributed by atoms with Crippen molar-refractivity contribution in [2.24, 2.45) is 29.6 Å². The molecule has 0 aliphatic heterocycles. The van der Waals surface area contributed by atoms with Crippen LogP contribution in [0.4, 0.5) is 0 Å². The molecule has 0 saturated heterocycles. The minimum Gasteiger partial charge on any atom is -0.299 e. The fourth-order valence-electron chi connectivity index (χ4n) is 5.59. The van der Waals surface area contributed by atoms with Gasteiger partial charge in [-0.25, -0.2) is 0 Å². The van der Waals surface area contributed by atoms with Gasteiger partial charge < -0.3 is 0 Å². The van der Waals surface area contributed by atoms with Gasteiger partial charge in [0.05, 0.1) is 0 Å². The molecule has 4 bridgehead atoms. The van der Waals surface area contributed by atoms with Crippen LogP contribution in [0.15, 0.2) is 24.3 Å². The third-order valence-electron chi connectivity index (χ3n) is 6.06. The van der Waals surface area contributed by atoms with Crippen molar-refractivity contribution in [2.45, 2.75) is 45.4 Å². The predicted molar refractivity (Wildman–Crippen MR) is 80.4 cm³/mol. The van der Waals surface area contributed by atoms with Crippen molar-refractivity contribution >= 4 is 5.78 Å². The fourth-order valence-corrected chi connectivity index (χ4v) is 5.59. The molecular formula is C19H24O. The molecular weight excluding hydrogens is 244 g/mol. The van der Waals surface area contributed by atoms with Crippen LogP contribution in [0, 0.1) is 36.5 Å². The molecule has 20 heavy (non-hydrogen) atoms. The lowest BCUT2D eigenvalue weighted by Gasteiger charge is -2.53. The monoisotopic (exact) mass is 268 g/mol. The van der Waals surface area contributed by atoms with Crippen molar-refractivity contribution in [3.63, 3.8) is 0 Å². The number of Topliss-reactive ketones (excluding diaryl/α,β-unsaturated/α-hetero) is 1. The molecule has 106 valence electrons. The van der Waals surface area contributed by atoms with E-state index in [0.717, 1.165) is 23.7 Å². The number of hydrogen-bond acceptors (Lipinski definition) is 1. The first-order valence-electron chi connectivity index (χ1n) is 8.27. The van der Waals surface area contributed by atoms with Crippen molar-refractivity contribution in [3.8, 4) is 0 Å². The predicted octanol–water partition coefficient (Wildman–Crippen LogP) is 4.18. The van der Waals surface area contributed by atoms with Crippen molar-refractivity contribution in [2.75, 3.05) is 0 Å². The summed E-state index contributed by atoms with van der Waals surface area (Å²) >= 11 is 0. The van der Waals surface area contributed by atoms with Crippen LogP contribution in [-0.2, 0) is 11.2 Å². The second-order valence-electron chi connectivity index (χ2n) is 7.59. The summed E-state index contributed by atoms with van der Waals surface area (Å²) in [6, 6.07) is 8.47. The van der Waals surface area contributed by atoms with E-state index in [1.807, 2.05) is 0 Å². The fraction of sp³-hybridized carbons (Fsp3) is 0.632. The van der Waals surface area contributed by atoms with Gasteiger partial charge >= 0.3 is 0 Å². The molecule has 0 spiro atoms. The number of ketones is 1. The van der Waals surface area contributed by atoms with Crippen LogP contribution in [0.25, 0.3) is 0 Å². The van der Waals surface area contributed by atoms with Crippen LogP contribution in [0.5, 0.6) is 0 Å². The molecule has 0 radical (unpaired) electrons. The maximum absolute atomic E-state index is 12.8. The summed E-state index contributed by atoms with van der Waals surface area (Å²) in [5.74, 6) is 4.29. The van der Waals surface area contributed by atoms with Gasteiger partial charge in [0.15, 0.2) is 0 Å². The van der Waals surface area contributed by atoms with E-state index in [1.54, 1.807) is 0 Å². The molecule has 0 amide bonds. The highest BCUT2D eigenvalue weighted by Gasteiger charge is 2.50. The number of carbonyl (C=O) groups is 1. The van der Waals surface area contributed by atoms with E-state index >= 15 is 0 Å². The zero-order valence-electron chi connectivity index (χ0n) is 12.3. The SMILES string of the molecule is Cc1cccc(CC(=O)C2C3CC4CC(C3)CC2C4)c1. The summed E-state index contributed by atoms with van der Waals surface area (Å²) in [7, 11) is 0. The molecule has 4 saturated carbocycles. The van der Waals surface area contributed by atoms with Crippen molar-refractivity contribution < 1.29 is 4.79 Å². The minimum atomic E-state index is 0.392. The van der Waals surface area contributed by atoms with Crippen molar-refractivity contribution in [1.82, 2.24) is 0 Å². The van der Waals surface area contributed by atoms with Crippen molar-refractivity contribution in [3.05, 3.63) is 35.4 Å². The van der Waals surface area contributed by atoms with Crippen LogP contribution in [0.1, 0.15) is 43.2 Å². The number of carbonyl (C=O) groups excluding carboxylic acids is 1. The van der Waals surface area contributed by atoms with Crippen LogP contribution in [-0.4, -0.2) is 5.78 Å². The summed E-state index contributed by atoms with van der Waals surface area (Å²) in [5, 5.41) is 0. The molecule has 4 fully saturated rings. The maximum atomic E-state index is 12.8. The van der Waals surface area contributed by atoms with Crippen LogP contribution < -0.4 is 0 Å². The van der Waals surface area contributed by atoms with Gasteiger partial charge in [0.25, 0.3) is 0 Å². The Morgan fingerprint density at radius 2 is 1.70 bits per heavy atom. The van der Waals surface area contributed by atoms with Crippen LogP contribution in [0.3, 0.4) is 0 Å². The summed E-state index contributed by atoms with van der Waals surface area (Å²) < 4.78 is 0. The third-order valence-corrected chi connectivity index (χ3v) is 6.06. The van der Waals surface area contributed by atoms with E-state index in [0.29, 0.717) is 18.1 Å². The number of rotatable bonds is 3. The molecule has 4 aliphatic carbocycles. The number of benzene rings is 1. The second-order valence-corrected chi connectivity index (χ2v) is 7.59. The highest BCUT2D eigenvalue weighted by molar-refractivity contribution is 5.84. The smallest absolute Gasteiger partial charge is 0.140 e. The van der Waals surface area contributed by atoms with Crippen LogP contribution >= 0.6 is 0 Å². The lowest BCUT2D eigenvalue weighted by molar-refractivity contribution is -0.135. The molecule has 0 heterocycles. The highest BCUT2D eigenvalue weighted by Crippen LogP contribution is 2.56. The quantitative estimate of drug-likeness (QED) is 0.803. The summed E-state index contributed by atoms with van der Waals surface area (Å²) in [6.07, 6.45) is 7.50. The zero-order valence-corrected chi connectivity index (χ0v) is 12.3. The maximum Gasteiger partial charge on any atom is 0.140 e.